The first-order valence-electron chi connectivity index (χ1n) is 6.05. The SMILES string of the molecule is CN(CC(=O)Nc1ccc(Cl)c(Cl)c1)S(=O)(=O)c1cccs1. The number of likely N-dealkylation sites (N-methyl/N-ethyl adjacent to an activating group) is 1. The van der Waals surface area contributed by atoms with Crippen LogP contribution in [0.25, 0.3) is 0 Å². The maximum atomic E-state index is 12.2. The van der Waals surface area contributed by atoms with Gasteiger partial charge >= 0.3 is 0 Å². The van der Waals surface area contributed by atoms with Crippen molar-refractivity contribution in [2.45, 2.75) is 4.21 Å². The number of rotatable bonds is 5. The van der Waals surface area contributed by atoms with Gasteiger partial charge in [0.05, 0.1) is 16.6 Å². The van der Waals surface area contributed by atoms with Gasteiger partial charge in [0, 0.05) is 12.7 Å². The maximum Gasteiger partial charge on any atom is 0.252 e. The van der Waals surface area contributed by atoms with Crippen molar-refractivity contribution in [3.8, 4) is 0 Å². The van der Waals surface area contributed by atoms with Crippen molar-refractivity contribution in [3.05, 3.63) is 45.8 Å². The summed E-state index contributed by atoms with van der Waals surface area (Å²) in [5.74, 6) is -0.471. The number of thiophene rings is 1. The van der Waals surface area contributed by atoms with E-state index in [2.05, 4.69) is 5.32 Å². The fourth-order valence-electron chi connectivity index (χ4n) is 1.63. The molecule has 0 aliphatic heterocycles. The summed E-state index contributed by atoms with van der Waals surface area (Å²) in [7, 11) is -2.30. The highest BCUT2D eigenvalue weighted by molar-refractivity contribution is 7.91. The van der Waals surface area contributed by atoms with Crippen LogP contribution in [0.5, 0.6) is 0 Å². The molecule has 2 aromatic rings. The van der Waals surface area contributed by atoms with Crippen LogP contribution in [0.2, 0.25) is 10.0 Å². The highest BCUT2D eigenvalue weighted by Crippen LogP contribution is 2.25. The van der Waals surface area contributed by atoms with Crippen molar-refractivity contribution in [3.63, 3.8) is 0 Å². The molecule has 0 aliphatic carbocycles. The van der Waals surface area contributed by atoms with Gasteiger partial charge in [0.25, 0.3) is 10.0 Å². The first-order valence-corrected chi connectivity index (χ1v) is 9.13. The van der Waals surface area contributed by atoms with E-state index in [1.807, 2.05) is 0 Å². The lowest BCUT2D eigenvalue weighted by Gasteiger charge is -2.15. The molecule has 0 radical (unpaired) electrons. The smallest absolute Gasteiger partial charge is 0.252 e. The molecule has 1 aromatic heterocycles. The van der Waals surface area contributed by atoms with E-state index in [1.54, 1.807) is 23.6 Å². The van der Waals surface area contributed by atoms with Gasteiger partial charge in [-0.2, -0.15) is 4.31 Å². The molecule has 118 valence electrons. The minimum absolute atomic E-state index is 0.192. The van der Waals surface area contributed by atoms with Gasteiger partial charge in [-0.1, -0.05) is 29.3 Å². The minimum Gasteiger partial charge on any atom is -0.325 e. The molecule has 22 heavy (non-hydrogen) atoms. The summed E-state index contributed by atoms with van der Waals surface area (Å²) < 4.78 is 25.6. The molecule has 0 spiro atoms. The number of carbonyl (C=O) groups excluding carboxylic acids is 1. The fourth-order valence-corrected chi connectivity index (χ4v) is 4.25. The highest BCUT2D eigenvalue weighted by Gasteiger charge is 2.23. The molecule has 1 aromatic carbocycles. The molecule has 9 heteroatoms. The summed E-state index contributed by atoms with van der Waals surface area (Å²) in [6.07, 6.45) is 0. The van der Waals surface area contributed by atoms with Gasteiger partial charge in [-0.3, -0.25) is 4.79 Å². The van der Waals surface area contributed by atoms with Crippen LogP contribution in [0.3, 0.4) is 0 Å². The Hall–Kier alpha value is -1.12. The van der Waals surface area contributed by atoms with Crippen LogP contribution in [-0.2, 0) is 14.8 Å². The van der Waals surface area contributed by atoms with Crippen LogP contribution in [-0.4, -0.2) is 32.2 Å². The molecule has 0 saturated carbocycles. The predicted molar refractivity (Wildman–Crippen MR) is 89.2 cm³/mol. The number of halogens is 2. The Morgan fingerprint density at radius 3 is 2.59 bits per heavy atom. The van der Waals surface area contributed by atoms with Gasteiger partial charge in [-0.05, 0) is 29.6 Å². The van der Waals surface area contributed by atoms with Crippen LogP contribution >= 0.6 is 34.5 Å². The number of anilines is 1. The number of nitrogens with one attached hydrogen (secondary N) is 1. The third-order valence-corrected chi connectivity index (χ3v) is 6.64. The lowest BCUT2D eigenvalue weighted by atomic mass is 10.3. The molecular formula is C13H12Cl2N2O3S2. The van der Waals surface area contributed by atoms with E-state index >= 15 is 0 Å². The van der Waals surface area contributed by atoms with Crippen LogP contribution in [0.1, 0.15) is 0 Å². The van der Waals surface area contributed by atoms with E-state index < -0.39 is 15.9 Å². The molecule has 5 nitrogen and oxygen atoms in total. The van der Waals surface area contributed by atoms with Crippen LogP contribution < -0.4 is 5.32 Å². The first kappa shape index (κ1) is 17.2. The van der Waals surface area contributed by atoms with E-state index in [4.69, 9.17) is 23.2 Å². The zero-order valence-electron chi connectivity index (χ0n) is 11.4. The van der Waals surface area contributed by atoms with Gasteiger partial charge in [-0.15, -0.1) is 11.3 Å². The zero-order chi connectivity index (χ0) is 16.3. The second-order valence-corrected chi connectivity index (χ2v) is 8.40. The Kier molecular flexibility index (Phi) is 5.46. The fraction of sp³-hybridized carbons (Fsp3) is 0.154. The second kappa shape index (κ2) is 6.97. The molecule has 0 fully saturated rings. The first-order chi connectivity index (χ1) is 10.3. The molecule has 0 bridgehead atoms. The quantitative estimate of drug-likeness (QED) is 0.867. The van der Waals surface area contributed by atoms with Crippen molar-refractivity contribution >= 4 is 56.2 Å². The molecule has 1 heterocycles. The summed E-state index contributed by atoms with van der Waals surface area (Å²) in [6.45, 7) is -0.305. The number of nitrogens with zero attached hydrogens (tertiary/aromatic N) is 1. The van der Waals surface area contributed by atoms with Crippen LogP contribution in [0.4, 0.5) is 5.69 Å². The standard InChI is InChI=1S/C13H12Cl2N2O3S2/c1-17(22(19,20)13-3-2-6-21-13)8-12(18)16-9-4-5-10(14)11(15)7-9/h2-7H,8H2,1H3,(H,16,18). The Labute approximate surface area is 142 Å². The number of benzene rings is 1. The summed E-state index contributed by atoms with van der Waals surface area (Å²) in [5, 5.41) is 4.91. The third kappa shape index (κ3) is 3.99. The van der Waals surface area contributed by atoms with E-state index in [0.29, 0.717) is 15.7 Å². The van der Waals surface area contributed by atoms with Gasteiger partial charge in [0.15, 0.2) is 0 Å². The van der Waals surface area contributed by atoms with Gasteiger partial charge < -0.3 is 5.32 Å². The number of hydrogen-bond acceptors (Lipinski definition) is 4. The van der Waals surface area contributed by atoms with E-state index in [-0.39, 0.29) is 10.8 Å². The Balaban J connectivity index is 2.04. The zero-order valence-corrected chi connectivity index (χ0v) is 14.6. The predicted octanol–water partition coefficient (Wildman–Crippen LogP) is 3.31. The normalized spacial score (nSPS) is 11.6. The molecule has 0 atom stereocenters. The Morgan fingerprint density at radius 2 is 2.00 bits per heavy atom. The molecule has 1 amide bonds. The van der Waals surface area contributed by atoms with Gasteiger partial charge in [-0.25, -0.2) is 8.42 Å². The number of sulfonamides is 1. The van der Waals surface area contributed by atoms with Crippen molar-refractivity contribution < 1.29 is 13.2 Å². The monoisotopic (exact) mass is 378 g/mol. The van der Waals surface area contributed by atoms with Crippen molar-refractivity contribution in [1.82, 2.24) is 4.31 Å². The molecular weight excluding hydrogens is 367 g/mol. The summed E-state index contributed by atoms with van der Waals surface area (Å²) in [6, 6.07) is 7.76. The van der Waals surface area contributed by atoms with Crippen molar-refractivity contribution in [1.29, 1.82) is 0 Å². The maximum absolute atomic E-state index is 12.2. The largest absolute Gasteiger partial charge is 0.325 e. The molecule has 1 N–H and O–H groups in total. The van der Waals surface area contributed by atoms with Crippen LogP contribution in [0, 0.1) is 0 Å². The number of hydrogen-bond donors (Lipinski definition) is 1. The lowest BCUT2D eigenvalue weighted by molar-refractivity contribution is -0.116. The molecule has 0 unspecified atom stereocenters. The molecule has 2 rings (SSSR count). The second-order valence-electron chi connectivity index (χ2n) is 4.37. The summed E-state index contributed by atoms with van der Waals surface area (Å²) in [4.78, 5) is 11.9. The van der Waals surface area contributed by atoms with Crippen molar-refractivity contribution in [2.75, 3.05) is 18.9 Å². The molecule has 0 saturated heterocycles. The average molecular weight is 379 g/mol. The average Bonchev–Trinajstić information content (AvgIpc) is 2.97. The Bertz CT molecular complexity index is 777. The topological polar surface area (TPSA) is 66.5 Å². The summed E-state index contributed by atoms with van der Waals surface area (Å²) >= 11 is 12.7. The number of carbonyl (C=O) groups is 1. The lowest BCUT2D eigenvalue weighted by Crippen LogP contribution is -2.34. The Morgan fingerprint density at radius 1 is 1.27 bits per heavy atom. The van der Waals surface area contributed by atoms with Gasteiger partial charge in [0.2, 0.25) is 5.91 Å². The van der Waals surface area contributed by atoms with Gasteiger partial charge in [0.1, 0.15) is 4.21 Å². The minimum atomic E-state index is -3.65. The van der Waals surface area contributed by atoms with E-state index in [1.165, 1.54) is 19.2 Å². The van der Waals surface area contributed by atoms with Crippen LogP contribution in [0.15, 0.2) is 39.9 Å². The highest BCUT2D eigenvalue weighted by atomic mass is 35.5. The molecule has 0 aliphatic rings. The summed E-state index contributed by atoms with van der Waals surface area (Å²) in [5.41, 5.74) is 0.446. The third-order valence-electron chi connectivity index (χ3n) is 2.73. The number of amides is 1. The van der Waals surface area contributed by atoms with E-state index in [9.17, 15) is 13.2 Å². The van der Waals surface area contributed by atoms with Crippen molar-refractivity contribution in [2.24, 2.45) is 0 Å². The van der Waals surface area contributed by atoms with E-state index in [0.717, 1.165) is 15.6 Å².